The fourth-order valence-electron chi connectivity index (χ4n) is 8.00. The van der Waals surface area contributed by atoms with E-state index in [1.54, 1.807) is 91.0 Å². The molecule has 0 aliphatic rings. The van der Waals surface area contributed by atoms with Gasteiger partial charge in [-0.15, -0.1) is 0 Å². The highest BCUT2D eigenvalue weighted by molar-refractivity contribution is 7.80. The number of nitrogens with two attached hydrogens (primary N) is 1. The highest BCUT2D eigenvalue weighted by atomic mass is 32.1. The number of aliphatic carboxylic acids is 6. The summed E-state index contributed by atoms with van der Waals surface area (Å²) < 4.78 is 0. The van der Waals surface area contributed by atoms with Crippen molar-refractivity contribution in [2.45, 2.75) is 119 Å². The van der Waals surface area contributed by atoms with E-state index in [-0.39, 0.29) is 25.0 Å². The van der Waals surface area contributed by atoms with Crippen LogP contribution in [0.25, 0.3) is 0 Å². The van der Waals surface area contributed by atoms with Gasteiger partial charge >= 0.3 is 41.8 Å². The lowest BCUT2D eigenvalue weighted by Gasteiger charge is -2.24. The zero-order chi connectivity index (χ0) is 65.5. The summed E-state index contributed by atoms with van der Waals surface area (Å²) in [5.74, 6) is -17.5. The molecule has 0 saturated carbocycles. The van der Waals surface area contributed by atoms with Crippen LogP contribution >= 0.6 is 12.6 Å². The number of carboxylic acid groups (broad SMARTS) is 6. The van der Waals surface area contributed by atoms with Gasteiger partial charge in [-0.2, -0.15) is 12.6 Å². The van der Waals surface area contributed by atoms with Gasteiger partial charge in [0, 0.05) is 50.8 Å². The summed E-state index contributed by atoms with van der Waals surface area (Å²) in [5, 5.41) is 79.2. The maximum Gasteiger partial charge on any atom is 0.327 e. The van der Waals surface area contributed by atoms with Crippen LogP contribution in [-0.4, -0.2) is 193 Å². The maximum absolute atomic E-state index is 14.1. The zero-order valence-corrected chi connectivity index (χ0v) is 47.8. The van der Waals surface area contributed by atoms with Crippen molar-refractivity contribution in [3.05, 3.63) is 108 Å². The van der Waals surface area contributed by atoms with Gasteiger partial charge in [0.15, 0.2) is 0 Å². The van der Waals surface area contributed by atoms with Gasteiger partial charge in [-0.1, -0.05) is 91.0 Å². The fourth-order valence-corrected chi connectivity index (χ4v) is 8.24. The van der Waals surface area contributed by atoms with E-state index in [0.29, 0.717) is 16.7 Å². The average Bonchev–Trinajstić information content (AvgIpc) is 3.69. The number of hydrogen-bond donors (Lipinski definition) is 18. The molecule has 33 heteroatoms. The lowest BCUT2D eigenvalue weighted by molar-refractivity contribution is -0.143. The molecule has 0 bridgehead atoms. The van der Waals surface area contributed by atoms with Crippen LogP contribution in [0.1, 0.15) is 61.6 Å². The first-order chi connectivity index (χ1) is 41.6. The highest BCUT2D eigenvalue weighted by Crippen LogP contribution is 2.11. The summed E-state index contributed by atoms with van der Waals surface area (Å²) in [7, 11) is 0. The summed E-state index contributed by atoms with van der Waals surface area (Å²) in [4.78, 5) is 189. The van der Waals surface area contributed by atoms with Crippen molar-refractivity contribution >= 4 is 102 Å². The van der Waals surface area contributed by atoms with E-state index in [0.717, 1.165) is 0 Å². The molecule has 0 heterocycles. The third-order valence-electron chi connectivity index (χ3n) is 12.7. The van der Waals surface area contributed by atoms with Gasteiger partial charge in [-0.3, -0.25) is 47.9 Å². The lowest BCUT2D eigenvalue weighted by Crippen LogP contribution is -2.59. The minimum absolute atomic E-state index is 0.157. The zero-order valence-electron chi connectivity index (χ0n) is 46.9. The van der Waals surface area contributed by atoms with E-state index < -0.39 is 202 Å². The van der Waals surface area contributed by atoms with E-state index in [9.17, 15) is 97.5 Å². The molecule has 3 aromatic rings. The van der Waals surface area contributed by atoms with Gasteiger partial charge in [-0.05, 0) is 36.0 Å². The highest BCUT2D eigenvalue weighted by Gasteiger charge is 2.33. The van der Waals surface area contributed by atoms with Crippen molar-refractivity contribution in [2.75, 3.05) is 18.8 Å². The summed E-state index contributed by atoms with van der Waals surface area (Å²) in [6.07, 6.45) is -5.13. The van der Waals surface area contributed by atoms with E-state index in [2.05, 4.69) is 55.2 Å². The number of amides is 10. The number of urea groups is 1. The van der Waals surface area contributed by atoms with Crippen molar-refractivity contribution < 1.29 is 103 Å². The van der Waals surface area contributed by atoms with Gasteiger partial charge in [0.25, 0.3) is 0 Å². The third-order valence-corrected chi connectivity index (χ3v) is 13.0. The minimum atomic E-state index is -1.80. The number of benzene rings is 3. The first-order valence-electron chi connectivity index (χ1n) is 26.9. The summed E-state index contributed by atoms with van der Waals surface area (Å²) >= 11 is 3.84. The smallest absolute Gasteiger partial charge is 0.327 e. The number of nitrogens with one attached hydrogen (secondary N) is 10. The lowest BCUT2D eigenvalue weighted by atomic mass is 10.0. The Labute approximate surface area is 506 Å². The van der Waals surface area contributed by atoms with Crippen LogP contribution in [0.3, 0.4) is 0 Å². The predicted octanol–water partition coefficient (Wildman–Crippen LogP) is -3.61. The van der Waals surface area contributed by atoms with Crippen molar-refractivity contribution in [1.29, 1.82) is 0 Å². The number of rotatable bonds is 39. The third kappa shape index (κ3) is 27.2. The SMILES string of the molecule is N[C@@H](CNC(=O)[C@H](Cc1ccccc1)NC(=O)[C@H](Cc1ccccc1)NC(=O)CNC(=O)CC[C@@H](NC(=O)[C@H](Cc1ccccc1)NC(=O)CCC(NC(=O)N[C@@H](CCC(=O)O)C(=O)O)C(=O)O)C(=O)O)C(=O)N[C@@H](CC(=O)O)C(=O)N[C@@H](CS)C(=O)O. The summed E-state index contributed by atoms with van der Waals surface area (Å²) in [5.41, 5.74) is 7.56. The van der Waals surface area contributed by atoms with Crippen LogP contribution < -0.4 is 58.9 Å². The van der Waals surface area contributed by atoms with E-state index >= 15 is 0 Å². The van der Waals surface area contributed by atoms with E-state index in [1.165, 1.54) is 0 Å². The largest absolute Gasteiger partial charge is 0.481 e. The molecular weight excluding hydrogens is 1180 g/mol. The van der Waals surface area contributed by atoms with Gasteiger partial charge in [0.05, 0.1) is 13.0 Å². The van der Waals surface area contributed by atoms with Crippen LogP contribution in [0.15, 0.2) is 91.0 Å². The molecule has 0 spiro atoms. The number of hydrogen-bond acceptors (Lipinski definition) is 17. The van der Waals surface area contributed by atoms with Crippen molar-refractivity contribution in [1.82, 2.24) is 53.2 Å². The minimum Gasteiger partial charge on any atom is -0.481 e. The monoisotopic (exact) mass is 1250 g/mol. The van der Waals surface area contributed by atoms with E-state index in [1.807, 2.05) is 10.6 Å². The van der Waals surface area contributed by atoms with Crippen LogP contribution in [0, 0.1) is 0 Å². The number of thiol groups is 1. The van der Waals surface area contributed by atoms with Gasteiger partial charge < -0.3 is 89.5 Å². The Balaban J connectivity index is 1.69. The molecule has 1 unspecified atom stereocenters. The molecule has 0 aliphatic heterocycles. The molecule has 32 nitrogen and oxygen atoms in total. The first kappa shape index (κ1) is 72.1. The topological polar surface area (TPSA) is 524 Å². The molecule has 476 valence electrons. The number of carboxylic acids is 6. The summed E-state index contributed by atoms with van der Waals surface area (Å²) in [6.45, 7) is -1.41. The molecule has 0 aliphatic carbocycles. The molecule has 0 aromatic heterocycles. The molecular formula is C55H69N11O21S. The van der Waals surface area contributed by atoms with Crippen molar-refractivity contribution in [2.24, 2.45) is 5.73 Å². The second-order valence-electron chi connectivity index (χ2n) is 19.5. The summed E-state index contributed by atoms with van der Waals surface area (Å²) in [6, 6.07) is 8.70. The first-order valence-corrected chi connectivity index (χ1v) is 27.5. The molecule has 0 radical (unpaired) electrons. The molecule has 9 atom stereocenters. The van der Waals surface area contributed by atoms with Crippen LogP contribution in [0.2, 0.25) is 0 Å². The van der Waals surface area contributed by atoms with Crippen molar-refractivity contribution in [3.8, 4) is 0 Å². The van der Waals surface area contributed by atoms with Crippen LogP contribution in [0.5, 0.6) is 0 Å². The second kappa shape index (κ2) is 37.3. The van der Waals surface area contributed by atoms with Gasteiger partial charge in [0.1, 0.15) is 54.4 Å². The quantitative estimate of drug-likeness (QED) is 0.0245. The van der Waals surface area contributed by atoms with Gasteiger partial charge in [-0.25, -0.2) is 24.0 Å². The Morgan fingerprint density at radius 1 is 0.375 bits per heavy atom. The molecule has 3 aromatic carbocycles. The average molecular weight is 1250 g/mol. The Morgan fingerprint density at radius 3 is 1.16 bits per heavy atom. The molecule has 10 amide bonds. The predicted molar refractivity (Wildman–Crippen MR) is 307 cm³/mol. The molecule has 88 heavy (non-hydrogen) atoms. The molecule has 0 fully saturated rings. The Kier molecular flexibility index (Phi) is 30.5. The fraction of sp³-hybridized carbons (Fsp3) is 0.400. The molecule has 18 N–H and O–H groups in total. The molecule has 3 rings (SSSR count). The van der Waals surface area contributed by atoms with Gasteiger partial charge in [0.2, 0.25) is 47.3 Å². The number of carbonyl (C=O) groups excluding carboxylic acids is 9. The standard InChI is InChI=1S/C55H69N11O21S/c56-32(46(74)62-39(25-45(72)73)50(78)64-40(28-88)54(85)86)26-58-47(75)36(22-29-10-4-1-5-11-29)63-49(77)38(24-31-14-8-3-9-15-31)60-43(69)27-57-41(67)19-16-33(51(79)80)61-48(76)37(23-30-12-6-2-7-13-30)59-42(68)20-17-34(52(81)82)65-55(87)66-35(53(83)84)18-21-44(70)71/h1-15,32-40,88H,16-28,56H2,(H,57,67)(H,58,75)(H,59,68)(H,60,69)(H,61,76)(H,62,74)(H,63,77)(H,64,78)(H,70,71)(H,72,73)(H,79,80)(H,81,82)(H,83,84)(H,85,86)(H2,65,66,87)/t32-,33+,34?,35-,36-,37-,38-,39-,40-/m0/s1. The Morgan fingerprint density at radius 2 is 0.739 bits per heavy atom. The van der Waals surface area contributed by atoms with Crippen LogP contribution in [-0.2, 0) is 86.4 Å². The Bertz CT molecular complexity index is 2960. The van der Waals surface area contributed by atoms with Crippen LogP contribution in [0.4, 0.5) is 4.79 Å². The number of carbonyl (C=O) groups is 15. The second-order valence-corrected chi connectivity index (χ2v) is 19.9. The van der Waals surface area contributed by atoms with E-state index in [4.69, 9.17) is 10.8 Å². The normalized spacial score (nSPS) is 13.8. The van der Waals surface area contributed by atoms with Crippen molar-refractivity contribution in [3.63, 3.8) is 0 Å². The maximum atomic E-state index is 14.1. The molecule has 0 saturated heterocycles. The Hall–Kier alpha value is -10.2.